The molecule has 0 aliphatic heterocycles. The van der Waals surface area contributed by atoms with Crippen LogP contribution in [0.15, 0.2) is 58.3 Å². The Morgan fingerprint density at radius 2 is 1.86 bits per heavy atom. The van der Waals surface area contributed by atoms with Crippen LogP contribution in [0.25, 0.3) is 0 Å². The highest BCUT2D eigenvalue weighted by atomic mass is 32.2. The molecule has 6 heteroatoms. The van der Waals surface area contributed by atoms with Crippen LogP contribution in [0.5, 0.6) is 0 Å². The molecular weight excluding hydrogens is 306 g/mol. The third-order valence-electron chi connectivity index (χ3n) is 2.96. The number of aliphatic hydroxyl groups is 1. The number of benzene rings is 2. The molecule has 0 heterocycles. The lowest BCUT2D eigenvalue weighted by Crippen LogP contribution is -2.13. The first kappa shape index (κ1) is 15.9. The maximum absolute atomic E-state index is 12.3. The fourth-order valence-electron chi connectivity index (χ4n) is 1.87. The molecule has 0 unspecified atom stereocenters. The standard InChI is InChI=1S/C15H17NO3S2/c1-20-14-4-2-3-13(11-14)16-21(18,19)15-7-5-12(6-8-15)9-10-17/h2-8,11,16-17H,9-10H2,1H3. The molecule has 0 radical (unpaired) electrons. The van der Waals surface area contributed by atoms with Gasteiger partial charge in [-0.2, -0.15) is 0 Å². The zero-order valence-electron chi connectivity index (χ0n) is 11.6. The van der Waals surface area contributed by atoms with E-state index in [1.807, 2.05) is 18.4 Å². The molecule has 0 atom stereocenters. The first-order valence-electron chi connectivity index (χ1n) is 6.42. The Kier molecular flexibility index (Phi) is 5.27. The summed E-state index contributed by atoms with van der Waals surface area (Å²) in [5.41, 5.74) is 1.45. The number of rotatable bonds is 6. The van der Waals surface area contributed by atoms with Crippen LogP contribution in [-0.4, -0.2) is 26.4 Å². The zero-order chi connectivity index (χ0) is 15.3. The Labute approximate surface area is 129 Å². The Hall–Kier alpha value is -1.50. The third-order valence-corrected chi connectivity index (χ3v) is 5.08. The minimum absolute atomic E-state index is 0.0474. The maximum atomic E-state index is 12.3. The summed E-state index contributed by atoms with van der Waals surface area (Å²) >= 11 is 1.55. The highest BCUT2D eigenvalue weighted by Crippen LogP contribution is 2.22. The molecule has 0 amide bonds. The van der Waals surface area contributed by atoms with Crippen LogP contribution in [0.3, 0.4) is 0 Å². The van der Waals surface area contributed by atoms with E-state index in [2.05, 4.69) is 4.72 Å². The van der Waals surface area contributed by atoms with E-state index in [1.54, 1.807) is 48.2 Å². The van der Waals surface area contributed by atoms with E-state index in [9.17, 15) is 8.42 Å². The summed E-state index contributed by atoms with van der Waals surface area (Å²) in [6.07, 6.45) is 2.46. The van der Waals surface area contributed by atoms with E-state index in [0.29, 0.717) is 12.1 Å². The van der Waals surface area contributed by atoms with E-state index >= 15 is 0 Å². The van der Waals surface area contributed by atoms with Crippen molar-refractivity contribution in [3.05, 3.63) is 54.1 Å². The molecular formula is C15H17NO3S2. The Balaban J connectivity index is 2.21. The van der Waals surface area contributed by atoms with Gasteiger partial charge in [-0.3, -0.25) is 4.72 Å². The van der Waals surface area contributed by atoms with Crippen molar-refractivity contribution in [2.24, 2.45) is 0 Å². The van der Waals surface area contributed by atoms with Crippen LogP contribution in [-0.2, 0) is 16.4 Å². The molecule has 2 rings (SSSR count). The van der Waals surface area contributed by atoms with Crippen molar-refractivity contribution in [1.82, 2.24) is 0 Å². The second-order valence-corrected chi connectivity index (χ2v) is 7.02. The summed E-state index contributed by atoms with van der Waals surface area (Å²) < 4.78 is 27.2. The summed E-state index contributed by atoms with van der Waals surface area (Å²) in [4.78, 5) is 1.20. The van der Waals surface area contributed by atoms with Crippen molar-refractivity contribution in [3.8, 4) is 0 Å². The average molecular weight is 323 g/mol. The minimum Gasteiger partial charge on any atom is -0.396 e. The van der Waals surface area contributed by atoms with E-state index in [1.165, 1.54) is 0 Å². The van der Waals surface area contributed by atoms with Gasteiger partial charge in [-0.05, 0) is 48.6 Å². The monoisotopic (exact) mass is 323 g/mol. The van der Waals surface area contributed by atoms with Crippen LogP contribution in [0.4, 0.5) is 5.69 Å². The quantitative estimate of drug-likeness (QED) is 0.802. The van der Waals surface area contributed by atoms with Gasteiger partial charge in [0.05, 0.1) is 4.90 Å². The van der Waals surface area contributed by atoms with Gasteiger partial charge in [0.25, 0.3) is 10.0 Å². The van der Waals surface area contributed by atoms with Crippen molar-refractivity contribution in [1.29, 1.82) is 0 Å². The maximum Gasteiger partial charge on any atom is 0.261 e. The van der Waals surface area contributed by atoms with Crippen molar-refractivity contribution in [2.75, 3.05) is 17.6 Å². The predicted octanol–water partition coefficient (Wildman–Crippen LogP) is 2.74. The molecule has 0 saturated carbocycles. The van der Waals surface area contributed by atoms with E-state index in [0.717, 1.165) is 10.5 Å². The predicted molar refractivity (Wildman–Crippen MR) is 86.3 cm³/mol. The Bertz CT molecular complexity index is 697. The zero-order valence-corrected chi connectivity index (χ0v) is 13.2. The molecule has 21 heavy (non-hydrogen) atoms. The summed E-state index contributed by atoms with van der Waals surface area (Å²) in [6, 6.07) is 13.8. The molecule has 112 valence electrons. The van der Waals surface area contributed by atoms with E-state index < -0.39 is 10.0 Å². The van der Waals surface area contributed by atoms with Gasteiger partial charge in [-0.15, -0.1) is 11.8 Å². The fraction of sp³-hybridized carbons (Fsp3) is 0.200. The third kappa shape index (κ3) is 4.23. The fourth-order valence-corrected chi connectivity index (χ4v) is 3.37. The summed E-state index contributed by atoms with van der Waals surface area (Å²) in [5.74, 6) is 0. The van der Waals surface area contributed by atoms with Crippen LogP contribution >= 0.6 is 11.8 Å². The molecule has 2 N–H and O–H groups in total. The summed E-state index contributed by atoms with van der Waals surface area (Å²) in [7, 11) is -3.59. The molecule has 0 aliphatic rings. The highest BCUT2D eigenvalue weighted by Gasteiger charge is 2.14. The summed E-state index contributed by atoms with van der Waals surface area (Å²) in [5, 5.41) is 8.86. The number of thioether (sulfide) groups is 1. The molecule has 2 aromatic rings. The molecule has 0 aliphatic carbocycles. The highest BCUT2D eigenvalue weighted by molar-refractivity contribution is 7.98. The van der Waals surface area contributed by atoms with E-state index in [4.69, 9.17) is 5.11 Å². The normalized spacial score (nSPS) is 11.3. The topological polar surface area (TPSA) is 66.4 Å². The van der Waals surface area contributed by atoms with Crippen molar-refractivity contribution >= 4 is 27.5 Å². The van der Waals surface area contributed by atoms with Gasteiger partial charge in [0, 0.05) is 17.2 Å². The molecule has 2 aromatic carbocycles. The molecule has 0 spiro atoms. The van der Waals surface area contributed by atoms with Gasteiger partial charge >= 0.3 is 0 Å². The second kappa shape index (κ2) is 6.98. The van der Waals surface area contributed by atoms with Crippen LogP contribution < -0.4 is 4.72 Å². The van der Waals surface area contributed by atoms with Crippen LogP contribution in [0.1, 0.15) is 5.56 Å². The SMILES string of the molecule is CSc1cccc(NS(=O)(=O)c2ccc(CCO)cc2)c1. The first-order valence-corrected chi connectivity index (χ1v) is 9.12. The molecule has 0 fully saturated rings. The number of aliphatic hydroxyl groups excluding tert-OH is 1. The van der Waals surface area contributed by atoms with Gasteiger partial charge in [-0.25, -0.2) is 8.42 Å². The number of hydrogen-bond acceptors (Lipinski definition) is 4. The van der Waals surface area contributed by atoms with Crippen LogP contribution in [0, 0.1) is 0 Å². The smallest absolute Gasteiger partial charge is 0.261 e. The van der Waals surface area contributed by atoms with E-state index in [-0.39, 0.29) is 11.5 Å². The van der Waals surface area contributed by atoms with Crippen LogP contribution in [0.2, 0.25) is 0 Å². The van der Waals surface area contributed by atoms with Crippen molar-refractivity contribution in [2.45, 2.75) is 16.2 Å². The Morgan fingerprint density at radius 3 is 2.48 bits per heavy atom. The molecule has 4 nitrogen and oxygen atoms in total. The lowest BCUT2D eigenvalue weighted by Gasteiger charge is -2.09. The summed E-state index contributed by atoms with van der Waals surface area (Å²) in [6.45, 7) is 0.0474. The van der Waals surface area contributed by atoms with Gasteiger partial charge in [0.2, 0.25) is 0 Å². The molecule has 0 bridgehead atoms. The number of sulfonamides is 1. The minimum atomic E-state index is -3.59. The second-order valence-electron chi connectivity index (χ2n) is 4.46. The lowest BCUT2D eigenvalue weighted by molar-refractivity contribution is 0.299. The molecule has 0 aromatic heterocycles. The van der Waals surface area contributed by atoms with Gasteiger partial charge in [0.15, 0.2) is 0 Å². The van der Waals surface area contributed by atoms with Crippen molar-refractivity contribution in [3.63, 3.8) is 0 Å². The number of nitrogens with one attached hydrogen (secondary N) is 1. The van der Waals surface area contributed by atoms with Gasteiger partial charge < -0.3 is 5.11 Å². The molecule has 0 saturated heterocycles. The Morgan fingerprint density at radius 1 is 1.14 bits per heavy atom. The largest absolute Gasteiger partial charge is 0.396 e. The van der Waals surface area contributed by atoms with Gasteiger partial charge in [0.1, 0.15) is 0 Å². The number of hydrogen-bond donors (Lipinski definition) is 2. The lowest BCUT2D eigenvalue weighted by atomic mass is 10.2. The number of anilines is 1. The average Bonchev–Trinajstić information content (AvgIpc) is 2.48. The van der Waals surface area contributed by atoms with Gasteiger partial charge in [-0.1, -0.05) is 18.2 Å². The first-order chi connectivity index (χ1) is 10.0. The van der Waals surface area contributed by atoms with Crippen molar-refractivity contribution < 1.29 is 13.5 Å².